The van der Waals surface area contributed by atoms with Gasteiger partial charge in [0.2, 0.25) is 11.8 Å². The van der Waals surface area contributed by atoms with E-state index in [4.69, 9.17) is 4.74 Å². The summed E-state index contributed by atoms with van der Waals surface area (Å²) in [5.41, 5.74) is 0.188. The number of piperidine rings is 1. The first kappa shape index (κ1) is 18.9. The number of Topliss-reactive ketones (excluding diaryl/α,β-unsaturated/α-hetero) is 1. The first-order chi connectivity index (χ1) is 13.8. The summed E-state index contributed by atoms with van der Waals surface area (Å²) in [5.74, 6) is -0.429. The Labute approximate surface area is 173 Å². The summed E-state index contributed by atoms with van der Waals surface area (Å²) in [6.07, 6.45) is 5.31. The zero-order valence-corrected chi connectivity index (χ0v) is 17.7. The van der Waals surface area contributed by atoms with Crippen molar-refractivity contribution >= 4 is 28.9 Å². The SMILES string of the molecule is CC(=O)c1sc(C2CCN(C(=O)[C@@H]3[C@@H]4C=C[C@]5(CN(C)C(=O)[C@H]35)O4)CC2)nc1C. The summed E-state index contributed by atoms with van der Waals surface area (Å²) in [4.78, 5) is 46.7. The molecule has 0 N–H and O–H groups in total. The first-order valence-electron chi connectivity index (χ1n) is 10.2. The molecule has 7 nitrogen and oxygen atoms in total. The molecule has 0 saturated carbocycles. The third kappa shape index (κ3) is 2.72. The van der Waals surface area contributed by atoms with Crippen molar-refractivity contribution < 1.29 is 19.1 Å². The average Bonchev–Trinajstić information content (AvgIpc) is 3.42. The van der Waals surface area contributed by atoms with E-state index in [9.17, 15) is 14.4 Å². The number of hydrogen-bond donors (Lipinski definition) is 0. The number of fused-ring (bicyclic) bond motifs is 1. The molecule has 4 aliphatic rings. The quantitative estimate of drug-likeness (QED) is 0.555. The van der Waals surface area contributed by atoms with E-state index in [1.54, 1.807) is 18.9 Å². The van der Waals surface area contributed by atoms with Gasteiger partial charge in [-0.1, -0.05) is 12.2 Å². The van der Waals surface area contributed by atoms with Crippen LogP contribution in [0.25, 0.3) is 0 Å². The van der Waals surface area contributed by atoms with Gasteiger partial charge in [-0.3, -0.25) is 14.4 Å². The Morgan fingerprint density at radius 1 is 1.31 bits per heavy atom. The van der Waals surface area contributed by atoms with E-state index in [1.807, 2.05) is 24.0 Å². The fraction of sp³-hybridized carbons (Fsp3) is 0.619. The van der Waals surface area contributed by atoms with E-state index in [0.717, 1.165) is 28.4 Å². The van der Waals surface area contributed by atoms with Crippen LogP contribution in [-0.4, -0.2) is 70.8 Å². The van der Waals surface area contributed by atoms with Gasteiger partial charge in [-0.15, -0.1) is 11.3 Å². The van der Waals surface area contributed by atoms with Crippen molar-refractivity contribution in [2.75, 3.05) is 26.7 Å². The van der Waals surface area contributed by atoms with Crippen LogP contribution in [0.15, 0.2) is 12.2 Å². The fourth-order valence-corrected chi connectivity index (χ4v) is 6.58. The minimum absolute atomic E-state index is 0.0140. The molecule has 5 rings (SSSR count). The van der Waals surface area contributed by atoms with Crippen LogP contribution < -0.4 is 0 Å². The monoisotopic (exact) mass is 415 g/mol. The van der Waals surface area contributed by atoms with Gasteiger partial charge in [-0.05, 0) is 19.8 Å². The highest BCUT2D eigenvalue weighted by Crippen LogP contribution is 2.52. The van der Waals surface area contributed by atoms with Gasteiger partial charge in [-0.2, -0.15) is 0 Å². The zero-order valence-electron chi connectivity index (χ0n) is 16.9. The summed E-state index contributed by atoms with van der Waals surface area (Å²) >= 11 is 1.49. The standard InChI is InChI=1S/C21H25N3O4S/c1-11-17(12(2)25)29-18(22-11)13-5-8-24(9-6-13)19(26)15-14-4-7-21(28-14)10-23(3)20(27)16(15)21/h4,7,13-16H,5-6,8-10H2,1-3H3/t14-,15+,16-,21+/m0/s1. The number of likely N-dealkylation sites (tertiary alicyclic amines) is 2. The molecule has 0 unspecified atom stereocenters. The molecule has 5 heterocycles. The molecular formula is C21H25N3O4S. The Balaban J connectivity index is 1.29. The third-order valence-corrected chi connectivity index (χ3v) is 8.28. The van der Waals surface area contributed by atoms with Crippen LogP contribution in [0.4, 0.5) is 0 Å². The molecule has 0 aliphatic carbocycles. The van der Waals surface area contributed by atoms with Gasteiger partial charge >= 0.3 is 0 Å². The number of nitrogens with zero attached hydrogens (tertiary/aromatic N) is 3. The first-order valence-corrected chi connectivity index (χ1v) is 11.0. The molecule has 4 atom stereocenters. The van der Waals surface area contributed by atoms with Crippen molar-refractivity contribution in [1.82, 2.24) is 14.8 Å². The van der Waals surface area contributed by atoms with E-state index < -0.39 is 17.4 Å². The number of carbonyl (C=O) groups is 3. The lowest BCUT2D eigenvalue weighted by Gasteiger charge is -2.35. The van der Waals surface area contributed by atoms with Crippen molar-refractivity contribution in [3.05, 3.63) is 27.7 Å². The van der Waals surface area contributed by atoms with Crippen molar-refractivity contribution in [2.45, 2.75) is 44.3 Å². The largest absolute Gasteiger partial charge is 0.360 e. The van der Waals surface area contributed by atoms with Crippen LogP contribution in [0.5, 0.6) is 0 Å². The summed E-state index contributed by atoms with van der Waals surface area (Å²) in [5, 5.41) is 0.998. The van der Waals surface area contributed by atoms with E-state index in [0.29, 0.717) is 19.6 Å². The van der Waals surface area contributed by atoms with Crippen LogP contribution in [0.2, 0.25) is 0 Å². The molecule has 3 fully saturated rings. The smallest absolute Gasteiger partial charge is 0.229 e. The van der Waals surface area contributed by atoms with Gasteiger partial charge < -0.3 is 14.5 Å². The van der Waals surface area contributed by atoms with Crippen LogP contribution in [0, 0.1) is 18.8 Å². The van der Waals surface area contributed by atoms with Gasteiger partial charge in [0.15, 0.2) is 5.78 Å². The number of rotatable bonds is 3. The van der Waals surface area contributed by atoms with Crippen LogP contribution in [-0.2, 0) is 14.3 Å². The fourth-order valence-electron chi connectivity index (χ4n) is 5.45. The second-order valence-corrected chi connectivity index (χ2v) is 9.75. The Kier molecular flexibility index (Phi) is 4.22. The lowest BCUT2D eigenvalue weighted by molar-refractivity contribution is -0.143. The summed E-state index contributed by atoms with van der Waals surface area (Å²) in [6, 6.07) is 0. The lowest BCUT2D eigenvalue weighted by Crippen LogP contribution is -2.48. The summed E-state index contributed by atoms with van der Waals surface area (Å²) < 4.78 is 6.12. The molecule has 0 radical (unpaired) electrons. The highest BCUT2D eigenvalue weighted by atomic mass is 32.1. The maximum absolute atomic E-state index is 13.4. The normalized spacial score (nSPS) is 33.6. The predicted octanol–water partition coefficient (Wildman–Crippen LogP) is 1.77. The Morgan fingerprint density at radius 3 is 2.69 bits per heavy atom. The average molecular weight is 416 g/mol. The molecule has 154 valence electrons. The molecule has 3 saturated heterocycles. The molecule has 2 bridgehead atoms. The van der Waals surface area contributed by atoms with Crippen molar-refractivity contribution in [2.24, 2.45) is 11.8 Å². The number of thiazole rings is 1. The molecule has 2 amide bonds. The molecule has 1 spiro atoms. The number of aryl methyl sites for hydroxylation is 1. The number of ketones is 1. The van der Waals surface area contributed by atoms with E-state index in [-0.39, 0.29) is 29.6 Å². The van der Waals surface area contributed by atoms with Gasteiger partial charge in [0.05, 0.1) is 40.1 Å². The molecule has 8 heteroatoms. The Hall–Kier alpha value is -2.06. The van der Waals surface area contributed by atoms with Crippen molar-refractivity contribution in [1.29, 1.82) is 0 Å². The molecule has 29 heavy (non-hydrogen) atoms. The maximum atomic E-state index is 13.4. The van der Waals surface area contributed by atoms with E-state index >= 15 is 0 Å². The number of hydrogen-bond acceptors (Lipinski definition) is 6. The zero-order chi connectivity index (χ0) is 20.5. The van der Waals surface area contributed by atoms with Gasteiger partial charge in [0.1, 0.15) is 5.60 Å². The number of amides is 2. The minimum Gasteiger partial charge on any atom is -0.360 e. The van der Waals surface area contributed by atoms with Gasteiger partial charge in [0, 0.05) is 33.0 Å². The molecule has 1 aromatic rings. The highest BCUT2D eigenvalue weighted by Gasteiger charge is 2.66. The molecule has 1 aromatic heterocycles. The molecule has 4 aliphatic heterocycles. The van der Waals surface area contributed by atoms with Gasteiger partial charge in [-0.25, -0.2) is 4.98 Å². The number of likely N-dealkylation sites (N-methyl/N-ethyl adjacent to an activating group) is 1. The molecular weight excluding hydrogens is 390 g/mol. The minimum atomic E-state index is -0.614. The number of carbonyl (C=O) groups excluding carboxylic acids is 3. The van der Waals surface area contributed by atoms with Crippen molar-refractivity contribution in [3.8, 4) is 0 Å². The Bertz CT molecular complexity index is 932. The van der Waals surface area contributed by atoms with Crippen LogP contribution in [0.3, 0.4) is 0 Å². The summed E-state index contributed by atoms with van der Waals surface area (Å²) in [7, 11) is 1.78. The number of aromatic nitrogens is 1. The molecule has 0 aromatic carbocycles. The van der Waals surface area contributed by atoms with Crippen molar-refractivity contribution in [3.63, 3.8) is 0 Å². The van der Waals surface area contributed by atoms with E-state index in [2.05, 4.69) is 4.98 Å². The van der Waals surface area contributed by atoms with E-state index in [1.165, 1.54) is 11.3 Å². The highest BCUT2D eigenvalue weighted by molar-refractivity contribution is 7.13. The van der Waals surface area contributed by atoms with Gasteiger partial charge in [0.25, 0.3) is 0 Å². The lowest BCUT2D eigenvalue weighted by atomic mass is 9.76. The van der Waals surface area contributed by atoms with Crippen LogP contribution >= 0.6 is 11.3 Å². The Morgan fingerprint density at radius 2 is 2.03 bits per heavy atom. The number of ether oxygens (including phenoxy) is 1. The predicted molar refractivity (Wildman–Crippen MR) is 107 cm³/mol. The maximum Gasteiger partial charge on any atom is 0.229 e. The second kappa shape index (κ2) is 6.47. The third-order valence-electron chi connectivity index (χ3n) is 6.86. The van der Waals surface area contributed by atoms with Crippen LogP contribution in [0.1, 0.15) is 46.1 Å². The summed E-state index contributed by atoms with van der Waals surface area (Å²) in [6.45, 7) is 5.27. The topological polar surface area (TPSA) is 79.8 Å². The second-order valence-electron chi connectivity index (χ2n) is 8.72.